The monoisotopic (exact) mass is 225 g/mol. The van der Waals surface area contributed by atoms with Crippen molar-refractivity contribution in [2.24, 2.45) is 5.92 Å². The fraction of sp³-hybridized carbons (Fsp3) is 0.917. The minimum Gasteiger partial charge on any atom is -0.450 e. The van der Waals surface area contributed by atoms with E-state index in [-0.39, 0.29) is 18.2 Å². The summed E-state index contributed by atoms with van der Waals surface area (Å²) in [6, 6.07) is 0.570. The van der Waals surface area contributed by atoms with Crippen molar-refractivity contribution < 1.29 is 14.3 Å². The van der Waals surface area contributed by atoms with E-state index in [1.165, 1.54) is 6.42 Å². The van der Waals surface area contributed by atoms with Gasteiger partial charge in [0.15, 0.2) is 0 Å². The van der Waals surface area contributed by atoms with Gasteiger partial charge in [0.2, 0.25) is 0 Å². The zero-order valence-corrected chi connectivity index (χ0v) is 9.89. The van der Waals surface area contributed by atoms with Gasteiger partial charge in [0.05, 0.1) is 18.7 Å². The molecule has 4 atom stereocenters. The van der Waals surface area contributed by atoms with Crippen molar-refractivity contribution in [2.45, 2.75) is 57.4 Å². The smallest absolute Gasteiger partial charge is 0.410 e. The molecule has 4 heteroatoms. The van der Waals surface area contributed by atoms with Crippen LogP contribution in [0.25, 0.3) is 0 Å². The second-order valence-electron chi connectivity index (χ2n) is 5.05. The molecule has 4 nitrogen and oxygen atoms in total. The minimum absolute atomic E-state index is 0.136. The van der Waals surface area contributed by atoms with E-state index >= 15 is 0 Å². The highest BCUT2D eigenvalue weighted by Crippen LogP contribution is 2.50. The molecule has 3 fully saturated rings. The Kier molecular flexibility index (Phi) is 2.35. The summed E-state index contributed by atoms with van der Waals surface area (Å²) >= 11 is 0. The minimum atomic E-state index is -0.136. The molecule has 90 valence electrons. The van der Waals surface area contributed by atoms with E-state index in [9.17, 15) is 4.79 Å². The number of amides is 1. The largest absolute Gasteiger partial charge is 0.450 e. The number of fused-ring (bicyclic) bond motifs is 5. The molecule has 1 amide bonds. The zero-order valence-electron chi connectivity index (χ0n) is 9.89. The molecule has 0 saturated carbocycles. The van der Waals surface area contributed by atoms with Crippen LogP contribution < -0.4 is 0 Å². The van der Waals surface area contributed by atoms with Crippen LogP contribution in [0.3, 0.4) is 0 Å². The van der Waals surface area contributed by atoms with Gasteiger partial charge in [-0.05, 0) is 25.7 Å². The number of ether oxygens (including phenoxy) is 2. The Hall–Kier alpha value is -0.770. The van der Waals surface area contributed by atoms with Gasteiger partial charge in [0, 0.05) is 0 Å². The van der Waals surface area contributed by atoms with E-state index in [1.54, 1.807) is 0 Å². The summed E-state index contributed by atoms with van der Waals surface area (Å²) in [5, 5.41) is 0. The molecular weight excluding hydrogens is 206 g/mol. The second kappa shape index (κ2) is 3.62. The van der Waals surface area contributed by atoms with Gasteiger partial charge < -0.3 is 9.47 Å². The number of epoxide rings is 1. The number of piperidine rings is 1. The summed E-state index contributed by atoms with van der Waals surface area (Å²) < 4.78 is 10.8. The molecule has 0 N–H and O–H groups in total. The third-order valence-electron chi connectivity index (χ3n) is 4.24. The normalized spacial score (nSPS) is 44.1. The first-order valence-corrected chi connectivity index (χ1v) is 6.36. The standard InChI is InChI=1S/C12H19NO3/c1-3-7-5-8-10-11(16-10)9(6-7)13(8)12(14)15-4-2/h7-11H,3-6H2,1-2H3. The van der Waals surface area contributed by atoms with Crippen LogP contribution in [0.15, 0.2) is 0 Å². The van der Waals surface area contributed by atoms with Gasteiger partial charge in [-0.25, -0.2) is 4.79 Å². The Morgan fingerprint density at radius 1 is 1.31 bits per heavy atom. The maximum Gasteiger partial charge on any atom is 0.410 e. The molecule has 3 aliphatic heterocycles. The van der Waals surface area contributed by atoms with Crippen molar-refractivity contribution in [3.8, 4) is 0 Å². The maximum absolute atomic E-state index is 11.9. The highest BCUT2D eigenvalue weighted by Gasteiger charge is 2.65. The maximum atomic E-state index is 11.9. The van der Waals surface area contributed by atoms with Gasteiger partial charge in [0.1, 0.15) is 12.2 Å². The molecule has 3 saturated heterocycles. The van der Waals surface area contributed by atoms with Crippen LogP contribution in [0.4, 0.5) is 4.79 Å². The predicted molar refractivity (Wildman–Crippen MR) is 58.1 cm³/mol. The van der Waals surface area contributed by atoms with Gasteiger partial charge in [-0.3, -0.25) is 4.90 Å². The van der Waals surface area contributed by atoms with Crippen LogP contribution in [-0.4, -0.2) is 41.9 Å². The van der Waals surface area contributed by atoms with Crippen molar-refractivity contribution in [3.63, 3.8) is 0 Å². The fourth-order valence-electron chi connectivity index (χ4n) is 3.39. The Bertz CT molecular complexity index is 289. The summed E-state index contributed by atoms with van der Waals surface area (Å²) in [5.74, 6) is 0.761. The van der Waals surface area contributed by atoms with Crippen molar-refractivity contribution in [1.29, 1.82) is 0 Å². The fourth-order valence-corrected chi connectivity index (χ4v) is 3.39. The molecule has 0 aromatic rings. The average Bonchev–Trinajstić information content (AvgIpc) is 3.03. The van der Waals surface area contributed by atoms with Gasteiger partial charge in [-0.2, -0.15) is 0 Å². The van der Waals surface area contributed by atoms with Crippen molar-refractivity contribution in [3.05, 3.63) is 0 Å². The van der Waals surface area contributed by atoms with Crippen LogP contribution in [0.5, 0.6) is 0 Å². The first-order valence-electron chi connectivity index (χ1n) is 6.36. The Balaban J connectivity index is 1.75. The first-order chi connectivity index (χ1) is 7.76. The Morgan fingerprint density at radius 2 is 1.94 bits per heavy atom. The lowest BCUT2D eigenvalue weighted by molar-refractivity contribution is 0.0169. The predicted octanol–water partition coefficient (Wildman–Crippen LogP) is 1.78. The van der Waals surface area contributed by atoms with Crippen molar-refractivity contribution in [2.75, 3.05) is 6.61 Å². The zero-order chi connectivity index (χ0) is 11.3. The SMILES string of the molecule is CCOC(=O)N1C2CC(CC)CC1C1OC12. The highest BCUT2D eigenvalue weighted by molar-refractivity contribution is 5.70. The second-order valence-corrected chi connectivity index (χ2v) is 5.05. The third kappa shape index (κ3) is 1.35. The van der Waals surface area contributed by atoms with Crippen molar-refractivity contribution >= 4 is 6.09 Å². The van der Waals surface area contributed by atoms with Crippen molar-refractivity contribution in [1.82, 2.24) is 4.90 Å². The van der Waals surface area contributed by atoms with E-state index in [0.29, 0.717) is 18.8 Å². The van der Waals surface area contributed by atoms with Crippen LogP contribution >= 0.6 is 0 Å². The number of hydrogen-bond acceptors (Lipinski definition) is 3. The lowest BCUT2D eigenvalue weighted by Crippen LogP contribution is -2.50. The summed E-state index contributed by atoms with van der Waals surface area (Å²) in [7, 11) is 0. The van der Waals surface area contributed by atoms with E-state index in [4.69, 9.17) is 9.47 Å². The molecule has 0 aliphatic carbocycles. The molecule has 4 unspecified atom stereocenters. The first kappa shape index (κ1) is 10.4. The summed E-state index contributed by atoms with van der Waals surface area (Å²) in [5.41, 5.74) is 0. The van der Waals surface area contributed by atoms with Crippen LogP contribution in [0, 0.1) is 5.92 Å². The topological polar surface area (TPSA) is 42.1 Å². The molecule has 3 rings (SSSR count). The van der Waals surface area contributed by atoms with Gasteiger partial charge in [0.25, 0.3) is 0 Å². The number of carbonyl (C=O) groups is 1. The average molecular weight is 225 g/mol. The van der Waals surface area contributed by atoms with E-state index < -0.39 is 0 Å². The number of carbonyl (C=O) groups excluding carboxylic acids is 1. The number of nitrogens with zero attached hydrogens (tertiary/aromatic N) is 1. The van der Waals surface area contributed by atoms with E-state index in [1.807, 2.05) is 11.8 Å². The van der Waals surface area contributed by atoms with Crippen LogP contribution in [-0.2, 0) is 9.47 Å². The molecular formula is C12H19NO3. The Labute approximate surface area is 95.9 Å². The summed E-state index contributed by atoms with van der Waals surface area (Å²) in [4.78, 5) is 13.8. The molecule has 0 aromatic heterocycles. The van der Waals surface area contributed by atoms with Gasteiger partial charge in [-0.15, -0.1) is 0 Å². The molecule has 0 spiro atoms. The van der Waals surface area contributed by atoms with E-state index in [0.717, 1.165) is 18.8 Å². The lowest BCUT2D eigenvalue weighted by Gasteiger charge is -2.39. The molecule has 2 bridgehead atoms. The molecule has 0 radical (unpaired) electrons. The number of rotatable bonds is 2. The van der Waals surface area contributed by atoms with Crippen LogP contribution in [0.1, 0.15) is 33.1 Å². The molecule has 0 aromatic carbocycles. The summed E-state index contributed by atoms with van der Waals surface area (Å²) in [6.07, 6.45) is 3.88. The number of hydrogen-bond donors (Lipinski definition) is 0. The quantitative estimate of drug-likeness (QED) is 0.673. The third-order valence-corrected chi connectivity index (χ3v) is 4.24. The van der Waals surface area contributed by atoms with Gasteiger partial charge >= 0.3 is 6.09 Å². The van der Waals surface area contributed by atoms with E-state index in [2.05, 4.69) is 6.92 Å². The lowest BCUT2D eigenvalue weighted by atomic mass is 9.88. The van der Waals surface area contributed by atoms with Crippen LogP contribution in [0.2, 0.25) is 0 Å². The Morgan fingerprint density at radius 3 is 2.44 bits per heavy atom. The summed E-state index contributed by atoms with van der Waals surface area (Å²) in [6.45, 7) is 4.55. The number of morpholine rings is 1. The van der Waals surface area contributed by atoms with Gasteiger partial charge in [-0.1, -0.05) is 13.3 Å². The molecule has 3 heterocycles. The molecule has 3 aliphatic rings. The molecule has 16 heavy (non-hydrogen) atoms. The highest BCUT2D eigenvalue weighted by atomic mass is 16.6.